The molecule has 0 bridgehead atoms. The Hall–Kier alpha value is -1.92. The van der Waals surface area contributed by atoms with Crippen LogP contribution < -0.4 is 10.6 Å². The summed E-state index contributed by atoms with van der Waals surface area (Å²) in [5, 5.41) is 5.27. The number of hydrogen-bond donors (Lipinski definition) is 2. The van der Waals surface area contributed by atoms with E-state index < -0.39 is 11.8 Å². The number of benzene rings is 2. The zero-order valence-corrected chi connectivity index (χ0v) is 14.9. The van der Waals surface area contributed by atoms with Gasteiger partial charge in [0.2, 0.25) is 0 Å². The van der Waals surface area contributed by atoms with Crippen LogP contribution in [0.4, 0.5) is 0 Å². The van der Waals surface area contributed by atoms with Crippen LogP contribution >= 0.6 is 23.5 Å². The first-order valence-corrected chi connectivity index (χ1v) is 9.64. The minimum atomic E-state index is -0.576. The van der Waals surface area contributed by atoms with Crippen LogP contribution in [0, 0.1) is 0 Å². The number of thioether (sulfide) groups is 2. The number of carbonyl (C=O) groups excluding carboxylic acids is 2. The monoisotopic (exact) mass is 360 g/mol. The molecule has 0 saturated carbocycles. The highest BCUT2D eigenvalue weighted by Gasteiger charge is 2.11. The third-order valence-electron chi connectivity index (χ3n) is 3.01. The molecule has 24 heavy (non-hydrogen) atoms. The van der Waals surface area contributed by atoms with Gasteiger partial charge < -0.3 is 10.6 Å². The van der Waals surface area contributed by atoms with Gasteiger partial charge in [0.05, 0.1) is 0 Å². The molecule has 126 valence electrons. The lowest BCUT2D eigenvalue weighted by Gasteiger charge is -2.06. The fourth-order valence-electron chi connectivity index (χ4n) is 1.86. The van der Waals surface area contributed by atoms with Crippen LogP contribution in [0.2, 0.25) is 0 Å². The quantitative estimate of drug-likeness (QED) is 0.432. The van der Waals surface area contributed by atoms with Crippen molar-refractivity contribution in [2.45, 2.75) is 9.79 Å². The van der Waals surface area contributed by atoms with Crippen LogP contribution in [-0.4, -0.2) is 36.4 Å². The second-order valence-corrected chi connectivity index (χ2v) is 7.17. The molecule has 4 nitrogen and oxygen atoms in total. The number of hydrogen-bond acceptors (Lipinski definition) is 4. The number of amides is 2. The Morgan fingerprint density at radius 3 is 1.42 bits per heavy atom. The lowest BCUT2D eigenvalue weighted by molar-refractivity contribution is -0.139. The van der Waals surface area contributed by atoms with Crippen molar-refractivity contribution >= 4 is 35.3 Å². The van der Waals surface area contributed by atoms with Crippen molar-refractivity contribution in [1.82, 2.24) is 10.6 Å². The van der Waals surface area contributed by atoms with Gasteiger partial charge in [-0.2, -0.15) is 0 Å². The van der Waals surface area contributed by atoms with E-state index in [2.05, 4.69) is 10.6 Å². The summed E-state index contributed by atoms with van der Waals surface area (Å²) in [5.74, 6) is 0.307. The largest absolute Gasteiger partial charge is 0.347 e. The van der Waals surface area contributed by atoms with E-state index in [0.717, 1.165) is 21.3 Å². The fourth-order valence-corrected chi connectivity index (χ4v) is 3.44. The van der Waals surface area contributed by atoms with Gasteiger partial charge in [0, 0.05) is 34.4 Å². The standard InChI is InChI=1S/C18H20N2O2S2/c21-17(19-11-13-23-15-7-3-1-4-8-15)18(22)20-12-14-24-16-9-5-2-6-10-16/h1-10H,11-14H2,(H,19,21)(H,20,22). The Labute approximate surface area is 150 Å². The molecule has 0 aromatic heterocycles. The van der Waals surface area contributed by atoms with Gasteiger partial charge in [-0.05, 0) is 24.3 Å². The van der Waals surface area contributed by atoms with Gasteiger partial charge in [-0.1, -0.05) is 36.4 Å². The first-order valence-electron chi connectivity index (χ1n) is 7.67. The normalized spacial score (nSPS) is 10.2. The van der Waals surface area contributed by atoms with Gasteiger partial charge in [-0.15, -0.1) is 23.5 Å². The van der Waals surface area contributed by atoms with E-state index in [1.165, 1.54) is 0 Å². The fraction of sp³-hybridized carbons (Fsp3) is 0.222. The van der Waals surface area contributed by atoms with Gasteiger partial charge in [0.15, 0.2) is 0 Å². The molecule has 0 aliphatic heterocycles. The minimum absolute atomic E-state index is 0.463. The van der Waals surface area contributed by atoms with E-state index in [4.69, 9.17) is 0 Å². The van der Waals surface area contributed by atoms with Crippen molar-refractivity contribution in [3.8, 4) is 0 Å². The highest BCUT2D eigenvalue weighted by atomic mass is 32.2. The molecule has 2 N–H and O–H groups in total. The molecule has 0 unspecified atom stereocenters. The predicted molar refractivity (Wildman–Crippen MR) is 100 cm³/mol. The van der Waals surface area contributed by atoms with Gasteiger partial charge in [0.25, 0.3) is 0 Å². The smallest absolute Gasteiger partial charge is 0.309 e. The summed E-state index contributed by atoms with van der Waals surface area (Å²) in [6.07, 6.45) is 0. The summed E-state index contributed by atoms with van der Waals surface area (Å²) in [6.45, 7) is 0.926. The first kappa shape index (κ1) is 18.4. The third kappa shape index (κ3) is 7.10. The summed E-state index contributed by atoms with van der Waals surface area (Å²) in [6, 6.07) is 19.9. The van der Waals surface area contributed by atoms with E-state index in [1.807, 2.05) is 60.7 Å². The van der Waals surface area contributed by atoms with E-state index in [-0.39, 0.29) is 0 Å². The van der Waals surface area contributed by atoms with Crippen molar-refractivity contribution in [1.29, 1.82) is 0 Å². The summed E-state index contributed by atoms with van der Waals surface area (Å²) in [5.41, 5.74) is 0. The van der Waals surface area contributed by atoms with Gasteiger partial charge in [-0.3, -0.25) is 9.59 Å². The molecule has 2 aromatic rings. The minimum Gasteiger partial charge on any atom is -0.347 e. The van der Waals surface area contributed by atoms with Crippen molar-refractivity contribution in [3.63, 3.8) is 0 Å². The Bertz CT molecular complexity index is 578. The average molecular weight is 361 g/mol. The molecule has 2 rings (SSSR count). The molecular formula is C18H20N2O2S2. The zero-order chi connectivity index (χ0) is 17.0. The number of nitrogens with one attached hydrogen (secondary N) is 2. The SMILES string of the molecule is O=C(NCCSc1ccccc1)C(=O)NCCSc1ccccc1. The molecule has 0 spiro atoms. The zero-order valence-electron chi connectivity index (χ0n) is 13.2. The Morgan fingerprint density at radius 2 is 1.04 bits per heavy atom. The second kappa shape index (κ2) is 10.8. The number of rotatable bonds is 8. The Balaban J connectivity index is 1.54. The highest BCUT2D eigenvalue weighted by molar-refractivity contribution is 7.99. The predicted octanol–water partition coefficient (Wildman–Crippen LogP) is 2.80. The summed E-state index contributed by atoms with van der Waals surface area (Å²) in [4.78, 5) is 25.7. The molecule has 2 aromatic carbocycles. The highest BCUT2D eigenvalue weighted by Crippen LogP contribution is 2.16. The molecule has 0 heterocycles. The molecule has 0 fully saturated rings. The van der Waals surface area contributed by atoms with Crippen LogP contribution in [-0.2, 0) is 9.59 Å². The van der Waals surface area contributed by atoms with Gasteiger partial charge in [0.1, 0.15) is 0 Å². The third-order valence-corrected chi connectivity index (χ3v) is 5.03. The molecule has 6 heteroatoms. The van der Waals surface area contributed by atoms with E-state index in [1.54, 1.807) is 23.5 Å². The maximum atomic E-state index is 11.7. The summed E-state index contributed by atoms with van der Waals surface area (Å²) >= 11 is 3.29. The second-order valence-electron chi connectivity index (χ2n) is 4.83. The van der Waals surface area contributed by atoms with Gasteiger partial charge in [-0.25, -0.2) is 0 Å². The molecule has 2 amide bonds. The van der Waals surface area contributed by atoms with E-state index >= 15 is 0 Å². The molecule has 0 aliphatic carbocycles. The molecule has 0 radical (unpaired) electrons. The number of carbonyl (C=O) groups is 2. The molecular weight excluding hydrogens is 340 g/mol. The Morgan fingerprint density at radius 1 is 0.667 bits per heavy atom. The molecule has 0 aliphatic rings. The van der Waals surface area contributed by atoms with Gasteiger partial charge >= 0.3 is 11.8 Å². The lowest BCUT2D eigenvalue weighted by Crippen LogP contribution is -2.41. The van der Waals surface area contributed by atoms with Crippen molar-refractivity contribution in [2.75, 3.05) is 24.6 Å². The molecule has 0 saturated heterocycles. The maximum Gasteiger partial charge on any atom is 0.309 e. The summed E-state index contributed by atoms with van der Waals surface area (Å²) in [7, 11) is 0. The van der Waals surface area contributed by atoms with E-state index in [9.17, 15) is 9.59 Å². The maximum absolute atomic E-state index is 11.7. The van der Waals surface area contributed by atoms with Crippen LogP contribution in [0.15, 0.2) is 70.5 Å². The Kier molecular flexibility index (Phi) is 8.27. The van der Waals surface area contributed by atoms with Crippen LogP contribution in [0.3, 0.4) is 0 Å². The van der Waals surface area contributed by atoms with Crippen LogP contribution in [0.5, 0.6) is 0 Å². The lowest BCUT2D eigenvalue weighted by atomic mass is 10.4. The first-order chi connectivity index (χ1) is 11.8. The van der Waals surface area contributed by atoms with Crippen LogP contribution in [0.1, 0.15) is 0 Å². The van der Waals surface area contributed by atoms with Crippen LogP contribution in [0.25, 0.3) is 0 Å². The average Bonchev–Trinajstić information content (AvgIpc) is 2.63. The van der Waals surface area contributed by atoms with E-state index in [0.29, 0.717) is 13.1 Å². The summed E-state index contributed by atoms with van der Waals surface area (Å²) < 4.78 is 0. The molecule has 0 atom stereocenters. The van der Waals surface area contributed by atoms with Crippen molar-refractivity contribution in [3.05, 3.63) is 60.7 Å². The topological polar surface area (TPSA) is 58.2 Å². The van der Waals surface area contributed by atoms with Crippen molar-refractivity contribution < 1.29 is 9.59 Å². The van der Waals surface area contributed by atoms with Crippen molar-refractivity contribution in [2.24, 2.45) is 0 Å².